The van der Waals surface area contributed by atoms with Crippen LogP contribution in [0.25, 0.3) is 11.2 Å². The molecule has 4 rings (SSSR count). The standard InChI is InChI=1S/C17H18N6O4/c18-14(26)13-11(24)12(25)17(27-13)23-8-22-10-15(20-7-21-16(10)23)19-6-9-4-2-1-3-5-9/h1-5,7-8,11-13,17,24-25H,6H2,(H2,18,26)(H,19,20,21). The number of hydrogen-bond acceptors (Lipinski definition) is 8. The molecule has 4 unspecified atom stereocenters. The Morgan fingerprint density at radius 1 is 1.19 bits per heavy atom. The highest BCUT2D eigenvalue weighted by atomic mass is 16.6. The largest absolute Gasteiger partial charge is 0.387 e. The Balaban J connectivity index is 1.62. The van der Waals surface area contributed by atoms with E-state index in [1.54, 1.807) is 0 Å². The Kier molecular flexibility index (Phi) is 4.44. The highest BCUT2D eigenvalue weighted by molar-refractivity contribution is 5.83. The lowest BCUT2D eigenvalue weighted by atomic mass is 10.1. The highest BCUT2D eigenvalue weighted by Gasteiger charge is 2.47. The van der Waals surface area contributed by atoms with Gasteiger partial charge in [0.1, 0.15) is 18.5 Å². The van der Waals surface area contributed by atoms with Gasteiger partial charge in [-0.3, -0.25) is 9.36 Å². The number of carbonyl (C=O) groups is 1. The Labute approximate surface area is 153 Å². The van der Waals surface area contributed by atoms with Crippen molar-refractivity contribution in [2.75, 3.05) is 5.32 Å². The third kappa shape index (κ3) is 3.10. The molecule has 0 bridgehead atoms. The Hall–Kier alpha value is -3.08. The van der Waals surface area contributed by atoms with Gasteiger partial charge in [0.15, 0.2) is 29.3 Å². The summed E-state index contributed by atoms with van der Waals surface area (Å²) in [5.41, 5.74) is 7.14. The molecule has 140 valence electrons. The van der Waals surface area contributed by atoms with Crippen LogP contribution in [0, 0.1) is 0 Å². The van der Waals surface area contributed by atoms with Crippen LogP contribution in [0.15, 0.2) is 43.0 Å². The molecule has 10 nitrogen and oxygen atoms in total. The van der Waals surface area contributed by atoms with E-state index in [0.29, 0.717) is 23.5 Å². The maximum absolute atomic E-state index is 11.4. The maximum Gasteiger partial charge on any atom is 0.249 e. The van der Waals surface area contributed by atoms with Crippen molar-refractivity contribution in [1.82, 2.24) is 19.5 Å². The van der Waals surface area contributed by atoms with Gasteiger partial charge >= 0.3 is 0 Å². The number of nitrogens with two attached hydrogens (primary N) is 1. The molecule has 1 fully saturated rings. The molecule has 1 aliphatic heterocycles. The fourth-order valence-corrected chi connectivity index (χ4v) is 3.07. The predicted molar refractivity (Wildman–Crippen MR) is 94.2 cm³/mol. The molecule has 27 heavy (non-hydrogen) atoms. The van der Waals surface area contributed by atoms with Crippen LogP contribution < -0.4 is 11.1 Å². The van der Waals surface area contributed by atoms with Crippen molar-refractivity contribution < 1.29 is 19.7 Å². The number of nitrogens with zero attached hydrogens (tertiary/aromatic N) is 4. The summed E-state index contributed by atoms with van der Waals surface area (Å²) in [5, 5.41) is 23.4. The lowest BCUT2D eigenvalue weighted by Gasteiger charge is -2.16. The van der Waals surface area contributed by atoms with Crippen LogP contribution in [0.2, 0.25) is 0 Å². The Morgan fingerprint density at radius 2 is 1.96 bits per heavy atom. The zero-order valence-corrected chi connectivity index (χ0v) is 14.1. The fourth-order valence-electron chi connectivity index (χ4n) is 3.07. The first-order valence-corrected chi connectivity index (χ1v) is 8.32. The van der Waals surface area contributed by atoms with E-state index in [-0.39, 0.29) is 0 Å². The first-order valence-electron chi connectivity index (χ1n) is 8.32. The Morgan fingerprint density at radius 3 is 2.67 bits per heavy atom. The van der Waals surface area contributed by atoms with Gasteiger partial charge in [0.25, 0.3) is 0 Å². The summed E-state index contributed by atoms with van der Waals surface area (Å²) in [7, 11) is 0. The number of primary amides is 1. The number of nitrogens with one attached hydrogen (secondary N) is 1. The molecule has 5 N–H and O–H groups in total. The second-order valence-electron chi connectivity index (χ2n) is 6.22. The minimum atomic E-state index is -1.43. The minimum absolute atomic E-state index is 0.391. The van der Waals surface area contributed by atoms with Gasteiger partial charge in [-0.1, -0.05) is 30.3 Å². The van der Waals surface area contributed by atoms with E-state index < -0.39 is 30.4 Å². The number of rotatable bonds is 5. The smallest absolute Gasteiger partial charge is 0.249 e. The van der Waals surface area contributed by atoms with Gasteiger partial charge in [-0.05, 0) is 5.56 Å². The van der Waals surface area contributed by atoms with Crippen LogP contribution in [0.1, 0.15) is 11.8 Å². The van der Waals surface area contributed by atoms with Crippen molar-refractivity contribution in [2.24, 2.45) is 5.73 Å². The number of aromatic nitrogens is 4. The van der Waals surface area contributed by atoms with E-state index >= 15 is 0 Å². The minimum Gasteiger partial charge on any atom is -0.387 e. The summed E-state index contributed by atoms with van der Waals surface area (Å²) in [6.07, 6.45) is -2.36. The third-order valence-corrected chi connectivity index (χ3v) is 4.45. The summed E-state index contributed by atoms with van der Waals surface area (Å²) in [6.45, 7) is 0.546. The molecule has 3 aromatic rings. The number of hydrogen-bond donors (Lipinski definition) is 4. The molecule has 0 saturated carbocycles. The summed E-state index contributed by atoms with van der Waals surface area (Å²) < 4.78 is 6.88. The molecule has 3 heterocycles. The molecule has 0 radical (unpaired) electrons. The van der Waals surface area contributed by atoms with Gasteiger partial charge in [0.05, 0.1) is 6.33 Å². The average molecular weight is 370 g/mol. The van der Waals surface area contributed by atoms with Crippen molar-refractivity contribution in [2.45, 2.75) is 31.1 Å². The van der Waals surface area contributed by atoms with Gasteiger partial charge < -0.3 is 26.0 Å². The van der Waals surface area contributed by atoms with Crippen LogP contribution in [0.4, 0.5) is 5.82 Å². The molecular formula is C17H18N6O4. The van der Waals surface area contributed by atoms with Gasteiger partial charge in [0.2, 0.25) is 5.91 Å². The average Bonchev–Trinajstić information content (AvgIpc) is 3.23. The first-order chi connectivity index (χ1) is 13.1. The maximum atomic E-state index is 11.4. The molecular weight excluding hydrogens is 352 g/mol. The normalized spacial score (nSPS) is 25.0. The van der Waals surface area contributed by atoms with Crippen molar-refractivity contribution in [3.05, 3.63) is 48.5 Å². The van der Waals surface area contributed by atoms with Crippen LogP contribution in [-0.4, -0.2) is 54.0 Å². The summed E-state index contributed by atoms with van der Waals surface area (Å²) in [6, 6.07) is 9.80. The van der Waals surface area contributed by atoms with Crippen molar-refractivity contribution >= 4 is 22.9 Å². The number of fused-ring (bicyclic) bond motifs is 1. The third-order valence-electron chi connectivity index (χ3n) is 4.45. The molecule has 10 heteroatoms. The number of aliphatic hydroxyl groups is 2. The van der Waals surface area contributed by atoms with Gasteiger partial charge in [-0.25, -0.2) is 15.0 Å². The number of anilines is 1. The second-order valence-corrected chi connectivity index (χ2v) is 6.22. The number of carbonyl (C=O) groups excluding carboxylic acids is 1. The van der Waals surface area contributed by atoms with E-state index in [9.17, 15) is 15.0 Å². The van der Waals surface area contributed by atoms with Crippen LogP contribution in [0.3, 0.4) is 0 Å². The van der Waals surface area contributed by atoms with E-state index in [4.69, 9.17) is 10.5 Å². The molecule has 1 aliphatic rings. The van der Waals surface area contributed by atoms with E-state index in [1.165, 1.54) is 17.2 Å². The van der Waals surface area contributed by atoms with E-state index in [0.717, 1.165) is 5.56 Å². The van der Waals surface area contributed by atoms with Crippen molar-refractivity contribution in [3.63, 3.8) is 0 Å². The lowest BCUT2D eigenvalue weighted by molar-refractivity contribution is -0.134. The second kappa shape index (κ2) is 6.91. The number of aliphatic hydroxyl groups excluding tert-OH is 2. The van der Waals surface area contributed by atoms with E-state index in [1.807, 2.05) is 30.3 Å². The van der Waals surface area contributed by atoms with Gasteiger partial charge in [0, 0.05) is 6.54 Å². The summed E-state index contributed by atoms with van der Waals surface area (Å²) >= 11 is 0. The molecule has 0 aliphatic carbocycles. The zero-order valence-electron chi connectivity index (χ0n) is 14.1. The quantitative estimate of drug-likeness (QED) is 0.472. The van der Waals surface area contributed by atoms with Gasteiger partial charge in [-0.15, -0.1) is 0 Å². The molecule has 1 aromatic carbocycles. The summed E-state index contributed by atoms with van der Waals surface area (Å²) in [5.74, 6) is -0.338. The predicted octanol–water partition coefficient (Wildman–Crippen LogP) is -0.457. The highest BCUT2D eigenvalue weighted by Crippen LogP contribution is 2.32. The number of amides is 1. The molecule has 0 spiro atoms. The monoisotopic (exact) mass is 370 g/mol. The molecule has 4 atom stereocenters. The van der Waals surface area contributed by atoms with Crippen LogP contribution >= 0.6 is 0 Å². The fraction of sp³-hybridized carbons (Fsp3) is 0.294. The molecule has 2 aromatic heterocycles. The van der Waals surface area contributed by atoms with E-state index in [2.05, 4.69) is 20.3 Å². The Bertz CT molecular complexity index is 962. The first kappa shape index (κ1) is 17.3. The number of benzene rings is 1. The van der Waals surface area contributed by atoms with Crippen LogP contribution in [0.5, 0.6) is 0 Å². The number of ether oxygens (including phenoxy) is 1. The SMILES string of the molecule is NC(=O)C1OC(n2cnc3c(NCc4ccccc4)ncnc32)C(O)C1O. The van der Waals surface area contributed by atoms with Crippen LogP contribution in [-0.2, 0) is 16.1 Å². The summed E-state index contributed by atoms with van der Waals surface area (Å²) in [4.78, 5) is 24.1. The zero-order chi connectivity index (χ0) is 19.0. The molecule has 1 amide bonds. The topological polar surface area (TPSA) is 148 Å². The van der Waals surface area contributed by atoms with Crippen molar-refractivity contribution in [3.8, 4) is 0 Å². The van der Waals surface area contributed by atoms with Crippen molar-refractivity contribution in [1.29, 1.82) is 0 Å². The number of imidazole rings is 1. The molecule has 1 saturated heterocycles. The van der Waals surface area contributed by atoms with Gasteiger partial charge in [-0.2, -0.15) is 0 Å². The lowest BCUT2D eigenvalue weighted by Crippen LogP contribution is -2.39.